The molecule has 1 amide bonds. The van der Waals surface area contributed by atoms with Gasteiger partial charge in [0.15, 0.2) is 0 Å². The van der Waals surface area contributed by atoms with Crippen LogP contribution in [-0.2, 0) is 16.1 Å². The number of amides is 1. The molecule has 0 spiro atoms. The maximum atomic E-state index is 12.4. The largest absolute Gasteiger partial charge is 0.497 e. The summed E-state index contributed by atoms with van der Waals surface area (Å²) in [5, 5.41) is 0. The van der Waals surface area contributed by atoms with Gasteiger partial charge in [0.2, 0.25) is 5.91 Å². The molecule has 1 heterocycles. The molecule has 2 atom stereocenters. The van der Waals surface area contributed by atoms with E-state index in [-0.39, 0.29) is 11.5 Å². The van der Waals surface area contributed by atoms with E-state index in [2.05, 4.69) is 26.0 Å². The molecule has 5 heteroatoms. The molecule has 0 saturated carbocycles. The van der Waals surface area contributed by atoms with Crippen LogP contribution >= 0.6 is 0 Å². The molecule has 0 bridgehead atoms. The molecule has 174 valence electrons. The molecule has 1 fully saturated rings. The number of benzene rings is 2. The van der Waals surface area contributed by atoms with Gasteiger partial charge in [-0.15, -0.1) is 0 Å². The van der Waals surface area contributed by atoms with E-state index in [0.717, 1.165) is 49.5 Å². The van der Waals surface area contributed by atoms with E-state index in [1.165, 1.54) is 5.56 Å². The zero-order valence-electron chi connectivity index (χ0n) is 20.1. The normalized spacial score (nSPS) is 18.6. The summed E-state index contributed by atoms with van der Waals surface area (Å²) in [6.45, 7) is 8.12. The topological polar surface area (TPSA) is 48.0 Å². The van der Waals surface area contributed by atoms with E-state index in [1.807, 2.05) is 41.3 Å². The SMILES string of the molecule is COc1ccc(CN(CC[C@@H](c2ccc(OC)cc2)[C@H]2CCOC(C)(C)C2)C(C)=O)cc1. The van der Waals surface area contributed by atoms with Gasteiger partial charge >= 0.3 is 0 Å². The molecular weight excluding hydrogens is 402 g/mol. The summed E-state index contributed by atoms with van der Waals surface area (Å²) < 4.78 is 16.6. The van der Waals surface area contributed by atoms with Gasteiger partial charge < -0.3 is 19.1 Å². The van der Waals surface area contributed by atoms with Gasteiger partial charge in [0.1, 0.15) is 11.5 Å². The lowest BCUT2D eigenvalue weighted by Crippen LogP contribution is -2.37. The number of ether oxygens (including phenoxy) is 3. The van der Waals surface area contributed by atoms with Crippen molar-refractivity contribution in [3.05, 3.63) is 59.7 Å². The van der Waals surface area contributed by atoms with Crippen LogP contribution in [0.3, 0.4) is 0 Å². The molecular formula is C27H37NO4. The number of hydrogen-bond acceptors (Lipinski definition) is 4. The number of nitrogens with zero attached hydrogens (tertiary/aromatic N) is 1. The van der Waals surface area contributed by atoms with Crippen LogP contribution in [0.2, 0.25) is 0 Å². The first kappa shape index (κ1) is 24.1. The fraction of sp³-hybridized carbons (Fsp3) is 0.519. The summed E-state index contributed by atoms with van der Waals surface area (Å²) in [5.41, 5.74) is 2.30. The van der Waals surface area contributed by atoms with Gasteiger partial charge in [0, 0.05) is 26.6 Å². The summed E-state index contributed by atoms with van der Waals surface area (Å²) in [7, 11) is 3.35. The predicted molar refractivity (Wildman–Crippen MR) is 127 cm³/mol. The average Bonchev–Trinajstić information content (AvgIpc) is 2.78. The lowest BCUT2D eigenvalue weighted by molar-refractivity contribution is -0.129. The minimum absolute atomic E-state index is 0.0987. The summed E-state index contributed by atoms with van der Waals surface area (Å²) in [5.74, 6) is 2.67. The van der Waals surface area contributed by atoms with Crippen LogP contribution in [0.5, 0.6) is 11.5 Å². The van der Waals surface area contributed by atoms with E-state index in [9.17, 15) is 4.79 Å². The molecule has 1 aliphatic heterocycles. The summed E-state index contributed by atoms with van der Waals surface area (Å²) in [6.07, 6.45) is 2.98. The Hall–Kier alpha value is -2.53. The van der Waals surface area contributed by atoms with Gasteiger partial charge in [-0.1, -0.05) is 24.3 Å². The van der Waals surface area contributed by atoms with Crippen molar-refractivity contribution < 1.29 is 19.0 Å². The van der Waals surface area contributed by atoms with Crippen molar-refractivity contribution in [3.8, 4) is 11.5 Å². The van der Waals surface area contributed by atoms with Crippen LogP contribution < -0.4 is 9.47 Å². The van der Waals surface area contributed by atoms with Crippen LogP contribution in [0.4, 0.5) is 0 Å². The second kappa shape index (κ2) is 10.9. The van der Waals surface area contributed by atoms with Crippen molar-refractivity contribution in [2.45, 2.75) is 58.1 Å². The van der Waals surface area contributed by atoms with E-state index >= 15 is 0 Å². The minimum atomic E-state index is -0.114. The molecule has 3 rings (SSSR count). The Morgan fingerprint density at radius 3 is 2.19 bits per heavy atom. The highest BCUT2D eigenvalue weighted by atomic mass is 16.5. The van der Waals surface area contributed by atoms with Crippen molar-refractivity contribution in [3.63, 3.8) is 0 Å². The zero-order valence-corrected chi connectivity index (χ0v) is 20.1. The van der Waals surface area contributed by atoms with Gasteiger partial charge in [-0.2, -0.15) is 0 Å². The maximum absolute atomic E-state index is 12.4. The van der Waals surface area contributed by atoms with Crippen LogP contribution in [0, 0.1) is 5.92 Å². The molecule has 2 aromatic rings. The van der Waals surface area contributed by atoms with E-state index < -0.39 is 0 Å². The van der Waals surface area contributed by atoms with Crippen molar-refractivity contribution >= 4 is 5.91 Å². The molecule has 0 aliphatic carbocycles. The third kappa shape index (κ3) is 6.49. The average molecular weight is 440 g/mol. The van der Waals surface area contributed by atoms with Crippen molar-refractivity contribution in [2.75, 3.05) is 27.4 Å². The van der Waals surface area contributed by atoms with Gasteiger partial charge in [-0.3, -0.25) is 4.79 Å². The highest BCUT2D eigenvalue weighted by Gasteiger charge is 2.34. The molecule has 0 radical (unpaired) electrons. The molecule has 5 nitrogen and oxygen atoms in total. The lowest BCUT2D eigenvalue weighted by Gasteiger charge is -2.40. The van der Waals surface area contributed by atoms with Gasteiger partial charge in [0.25, 0.3) is 0 Å². The number of rotatable bonds is 9. The highest BCUT2D eigenvalue weighted by Crippen LogP contribution is 2.40. The van der Waals surface area contributed by atoms with E-state index in [1.54, 1.807) is 21.1 Å². The third-order valence-corrected chi connectivity index (χ3v) is 6.54. The first-order chi connectivity index (χ1) is 15.3. The van der Waals surface area contributed by atoms with E-state index in [4.69, 9.17) is 14.2 Å². The van der Waals surface area contributed by atoms with Crippen LogP contribution in [0.1, 0.15) is 57.1 Å². The first-order valence-electron chi connectivity index (χ1n) is 11.5. The highest BCUT2D eigenvalue weighted by molar-refractivity contribution is 5.73. The van der Waals surface area contributed by atoms with Crippen molar-refractivity contribution in [1.82, 2.24) is 4.90 Å². The van der Waals surface area contributed by atoms with Crippen LogP contribution in [0.15, 0.2) is 48.5 Å². The standard InChI is InChI=1S/C27H37NO4/c1-20(29)28(19-21-6-10-24(30-4)11-7-21)16-14-26(22-8-12-25(31-5)13-9-22)23-15-17-32-27(2,3)18-23/h6-13,23,26H,14-19H2,1-5H3/t23-,26-/m0/s1. The molecule has 0 N–H and O–H groups in total. The quantitative estimate of drug-likeness (QED) is 0.523. The second-order valence-corrected chi connectivity index (χ2v) is 9.32. The molecule has 1 saturated heterocycles. The van der Waals surface area contributed by atoms with Crippen molar-refractivity contribution in [2.24, 2.45) is 5.92 Å². The summed E-state index contributed by atoms with van der Waals surface area (Å²) in [6, 6.07) is 16.4. The molecule has 2 aromatic carbocycles. The Kier molecular flexibility index (Phi) is 8.19. The van der Waals surface area contributed by atoms with E-state index in [0.29, 0.717) is 18.4 Å². The third-order valence-electron chi connectivity index (χ3n) is 6.54. The minimum Gasteiger partial charge on any atom is -0.497 e. The van der Waals surface area contributed by atoms with Gasteiger partial charge in [-0.05, 0) is 80.3 Å². The first-order valence-corrected chi connectivity index (χ1v) is 11.5. The molecule has 0 aromatic heterocycles. The Labute approximate surface area is 192 Å². The maximum Gasteiger partial charge on any atom is 0.219 e. The van der Waals surface area contributed by atoms with Crippen LogP contribution in [-0.4, -0.2) is 43.8 Å². The molecule has 0 unspecified atom stereocenters. The smallest absolute Gasteiger partial charge is 0.219 e. The Bertz CT molecular complexity index is 860. The van der Waals surface area contributed by atoms with Gasteiger partial charge in [-0.25, -0.2) is 0 Å². The summed E-state index contributed by atoms with van der Waals surface area (Å²) in [4.78, 5) is 14.4. The number of hydrogen-bond donors (Lipinski definition) is 0. The zero-order chi connectivity index (χ0) is 23.1. The molecule has 32 heavy (non-hydrogen) atoms. The summed E-state index contributed by atoms with van der Waals surface area (Å²) >= 11 is 0. The van der Waals surface area contributed by atoms with Gasteiger partial charge in [0.05, 0.1) is 19.8 Å². The Morgan fingerprint density at radius 1 is 1.06 bits per heavy atom. The number of carbonyl (C=O) groups excluding carboxylic acids is 1. The predicted octanol–water partition coefficient (Wildman–Crippen LogP) is 5.43. The monoisotopic (exact) mass is 439 g/mol. The Balaban J connectivity index is 1.76. The molecule has 1 aliphatic rings. The number of carbonyl (C=O) groups is 1. The number of methoxy groups -OCH3 is 2. The second-order valence-electron chi connectivity index (χ2n) is 9.32. The fourth-order valence-corrected chi connectivity index (χ4v) is 4.74. The lowest BCUT2D eigenvalue weighted by atomic mass is 9.75. The van der Waals surface area contributed by atoms with Crippen LogP contribution in [0.25, 0.3) is 0 Å². The Morgan fingerprint density at radius 2 is 1.66 bits per heavy atom. The fourth-order valence-electron chi connectivity index (χ4n) is 4.74. The van der Waals surface area contributed by atoms with Crippen molar-refractivity contribution in [1.29, 1.82) is 0 Å².